The minimum absolute atomic E-state index is 0.127. The minimum atomic E-state index is -3.66. The molecule has 106 valence electrons. The third-order valence-electron chi connectivity index (χ3n) is 2.36. The fourth-order valence-corrected chi connectivity index (χ4v) is 3.64. The first kappa shape index (κ1) is 14.4. The molecule has 0 unspecified atom stereocenters. The first-order valence-corrected chi connectivity index (χ1v) is 8.19. The highest BCUT2D eigenvalue weighted by Gasteiger charge is 2.26. The van der Waals surface area contributed by atoms with E-state index < -0.39 is 16.1 Å². The van der Waals surface area contributed by atoms with Crippen LogP contribution in [0, 0.1) is 0 Å². The minimum Gasteiger partial charge on any atom is -0.461 e. The summed E-state index contributed by atoms with van der Waals surface area (Å²) < 4.78 is 33.2. The summed E-state index contributed by atoms with van der Waals surface area (Å²) >= 11 is 1.10. The third kappa shape index (κ3) is 3.96. The van der Waals surface area contributed by atoms with Crippen LogP contribution in [-0.4, -0.2) is 45.2 Å². The first-order valence-electron chi connectivity index (χ1n) is 5.73. The lowest BCUT2D eigenvalue weighted by molar-refractivity contribution is 0.0520. The Bertz CT molecular complexity index is 550. The molecule has 0 aromatic carbocycles. The zero-order valence-electron chi connectivity index (χ0n) is 10.3. The number of carbonyl (C=O) groups excluding carboxylic acids is 1. The number of ether oxygens (including phenoxy) is 1. The second-order valence-corrected chi connectivity index (χ2v) is 6.46. The molecule has 1 fully saturated rings. The molecule has 1 N–H and O–H groups in total. The summed E-state index contributed by atoms with van der Waals surface area (Å²) in [5, 5.41) is 4.71. The van der Waals surface area contributed by atoms with Crippen molar-refractivity contribution in [1.29, 1.82) is 0 Å². The van der Waals surface area contributed by atoms with Crippen molar-refractivity contribution in [2.45, 2.75) is 18.8 Å². The van der Waals surface area contributed by atoms with Gasteiger partial charge in [-0.2, -0.15) is 8.42 Å². The van der Waals surface area contributed by atoms with Gasteiger partial charge in [-0.15, -0.1) is 11.3 Å². The third-order valence-corrected chi connectivity index (χ3v) is 4.59. The normalized spacial score (nSPS) is 16.1. The molecule has 0 amide bonds. The molecule has 1 aromatic rings. The Balaban J connectivity index is 1.96. The van der Waals surface area contributed by atoms with Crippen LogP contribution in [0.1, 0.15) is 22.4 Å². The lowest BCUT2D eigenvalue weighted by Crippen LogP contribution is -2.49. The van der Waals surface area contributed by atoms with Gasteiger partial charge in [0.1, 0.15) is 16.9 Å². The van der Waals surface area contributed by atoms with Gasteiger partial charge in [0.25, 0.3) is 10.1 Å². The summed E-state index contributed by atoms with van der Waals surface area (Å²) in [5.74, 6) is -0.875. The predicted molar refractivity (Wildman–Crippen MR) is 68.4 cm³/mol. The van der Waals surface area contributed by atoms with Crippen LogP contribution in [0.5, 0.6) is 0 Å². The Kier molecular flexibility index (Phi) is 4.50. The fraction of sp³-hybridized carbons (Fsp3) is 0.600. The lowest BCUT2D eigenvalue weighted by atomic mass is 10.2. The number of hydrogen-bond acceptors (Lipinski definition) is 8. The van der Waals surface area contributed by atoms with Gasteiger partial charge in [0, 0.05) is 18.5 Å². The van der Waals surface area contributed by atoms with Gasteiger partial charge in [-0.3, -0.25) is 4.18 Å². The molecule has 0 spiro atoms. The molecule has 1 aliphatic rings. The molecule has 0 atom stereocenters. The van der Waals surface area contributed by atoms with E-state index in [1.54, 1.807) is 6.92 Å². The van der Waals surface area contributed by atoms with Gasteiger partial charge in [0.2, 0.25) is 0 Å². The molecule has 1 aromatic heterocycles. The number of aromatic nitrogens is 1. The maximum absolute atomic E-state index is 11.7. The van der Waals surface area contributed by atoms with Gasteiger partial charge in [0.05, 0.1) is 6.61 Å². The molecule has 9 heteroatoms. The van der Waals surface area contributed by atoms with Gasteiger partial charge >= 0.3 is 5.97 Å². The smallest absolute Gasteiger partial charge is 0.357 e. The molecular weight excluding hydrogens is 292 g/mol. The molecular formula is C10H14N2O5S2. The Hall–Kier alpha value is -1.03. The van der Waals surface area contributed by atoms with Crippen LogP contribution in [0.2, 0.25) is 0 Å². The van der Waals surface area contributed by atoms with E-state index in [1.165, 1.54) is 5.38 Å². The maximum atomic E-state index is 11.7. The average Bonchev–Trinajstić information content (AvgIpc) is 2.72. The number of thiazole rings is 1. The molecule has 2 heterocycles. The van der Waals surface area contributed by atoms with Crippen LogP contribution in [0.25, 0.3) is 0 Å². The number of rotatable bonds is 6. The second kappa shape index (κ2) is 5.95. The SMILES string of the molecule is CCOC(=O)c1csc(CS(=O)(=O)OC2CNC2)n1. The van der Waals surface area contributed by atoms with Crippen LogP contribution in [0.15, 0.2) is 5.38 Å². The second-order valence-electron chi connectivity index (χ2n) is 3.93. The number of nitrogens with one attached hydrogen (secondary N) is 1. The summed E-state index contributed by atoms with van der Waals surface area (Å²) in [5.41, 5.74) is 0.127. The van der Waals surface area contributed by atoms with E-state index in [-0.39, 0.29) is 24.2 Å². The van der Waals surface area contributed by atoms with Crippen LogP contribution in [0.4, 0.5) is 0 Å². The Morgan fingerprint density at radius 2 is 2.32 bits per heavy atom. The van der Waals surface area contributed by atoms with E-state index in [1.807, 2.05) is 0 Å². The molecule has 0 saturated carbocycles. The van der Waals surface area contributed by atoms with E-state index in [0.717, 1.165) is 11.3 Å². The summed E-state index contributed by atoms with van der Waals surface area (Å²) in [6.07, 6.45) is -0.297. The van der Waals surface area contributed by atoms with E-state index in [2.05, 4.69) is 10.3 Å². The Labute approximate surface area is 115 Å². The van der Waals surface area contributed by atoms with Crippen molar-refractivity contribution >= 4 is 27.4 Å². The average molecular weight is 306 g/mol. The fourth-order valence-electron chi connectivity index (χ4n) is 1.40. The molecule has 0 aliphatic carbocycles. The standard InChI is InChI=1S/C10H14N2O5S2/c1-2-16-10(13)8-5-18-9(12-8)6-19(14,15)17-7-3-11-4-7/h5,7,11H,2-4,6H2,1H3. The van der Waals surface area contributed by atoms with E-state index in [0.29, 0.717) is 18.1 Å². The van der Waals surface area contributed by atoms with Crippen molar-refractivity contribution in [3.63, 3.8) is 0 Å². The van der Waals surface area contributed by atoms with Crippen LogP contribution < -0.4 is 5.32 Å². The van der Waals surface area contributed by atoms with E-state index in [9.17, 15) is 13.2 Å². The van der Waals surface area contributed by atoms with Crippen LogP contribution in [-0.2, 0) is 24.8 Å². The number of esters is 1. The topological polar surface area (TPSA) is 94.6 Å². The van der Waals surface area contributed by atoms with Crippen molar-refractivity contribution in [1.82, 2.24) is 10.3 Å². The molecule has 1 saturated heterocycles. The highest BCUT2D eigenvalue weighted by atomic mass is 32.2. The highest BCUT2D eigenvalue weighted by molar-refractivity contribution is 7.86. The zero-order chi connectivity index (χ0) is 13.9. The first-order chi connectivity index (χ1) is 9.00. The van der Waals surface area contributed by atoms with Crippen LogP contribution in [0.3, 0.4) is 0 Å². The van der Waals surface area contributed by atoms with Gasteiger partial charge in [-0.1, -0.05) is 0 Å². The summed E-state index contributed by atoms with van der Waals surface area (Å²) in [6, 6.07) is 0. The predicted octanol–water partition coefficient (Wildman–Crippen LogP) is 0.138. The van der Waals surface area contributed by atoms with Gasteiger partial charge in [-0.25, -0.2) is 9.78 Å². The monoisotopic (exact) mass is 306 g/mol. The molecule has 0 bridgehead atoms. The number of hydrogen-bond donors (Lipinski definition) is 1. The van der Waals surface area contributed by atoms with Crippen molar-refractivity contribution in [3.8, 4) is 0 Å². The van der Waals surface area contributed by atoms with E-state index in [4.69, 9.17) is 8.92 Å². The maximum Gasteiger partial charge on any atom is 0.357 e. The number of nitrogens with zero attached hydrogens (tertiary/aromatic N) is 1. The molecule has 1 aliphatic heterocycles. The van der Waals surface area contributed by atoms with E-state index >= 15 is 0 Å². The lowest BCUT2D eigenvalue weighted by Gasteiger charge is -2.25. The Morgan fingerprint density at radius 3 is 2.89 bits per heavy atom. The zero-order valence-corrected chi connectivity index (χ0v) is 11.9. The quantitative estimate of drug-likeness (QED) is 0.590. The molecule has 0 radical (unpaired) electrons. The van der Waals surface area contributed by atoms with Crippen molar-refractivity contribution in [2.24, 2.45) is 0 Å². The Morgan fingerprint density at radius 1 is 1.58 bits per heavy atom. The van der Waals surface area contributed by atoms with Gasteiger partial charge in [-0.05, 0) is 6.92 Å². The number of carbonyl (C=O) groups is 1. The summed E-state index contributed by atoms with van der Waals surface area (Å²) in [4.78, 5) is 15.3. The van der Waals surface area contributed by atoms with Crippen LogP contribution >= 0.6 is 11.3 Å². The summed E-state index contributed by atoms with van der Waals surface area (Å²) in [7, 11) is -3.66. The summed E-state index contributed by atoms with van der Waals surface area (Å²) in [6.45, 7) is 3.01. The van der Waals surface area contributed by atoms with Crippen molar-refractivity contribution in [3.05, 3.63) is 16.1 Å². The van der Waals surface area contributed by atoms with Crippen molar-refractivity contribution < 1.29 is 22.1 Å². The molecule has 2 rings (SSSR count). The molecule has 19 heavy (non-hydrogen) atoms. The molecule has 7 nitrogen and oxygen atoms in total. The largest absolute Gasteiger partial charge is 0.461 e. The highest BCUT2D eigenvalue weighted by Crippen LogP contribution is 2.16. The van der Waals surface area contributed by atoms with Crippen molar-refractivity contribution in [2.75, 3.05) is 19.7 Å². The van der Waals surface area contributed by atoms with Gasteiger partial charge in [0.15, 0.2) is 5.69 Å². The van der Waals surface area contributed by atoms with Gasteiger partial charge < -0.3 is 10.1 Å².